The number of ether oxygens (including phenoxy) is 1. The number of aliphatic hydroxyl groups excluding tert-OH is 1. The zero-order valence-electron chi connectivity index (χ0n) is 19.6. The number of anilines is 1. The highest BCUT2D eigenvalue weighted by molar-refractivity contribution is 7.22. The van der Waals surface area contributed by atoms with Crippen LogP contribution in [0.3, 0.4) is 0 Å². The van der Waals surface area contributed by atoms with Gasteiger partial charge in [0.05, 0.1) is 28.4 Å². The number of thiazole rings is 1. The number of benzene rings is 3. The number of carbonyl (C=O) groups excluding carboxylic acids is 2. The smallest absolute Gasteiger partial charge is 0.301 e. The predicted molar refractivity (Wildman–Crippen MR) is 138 cm³/mol. The normalized spacial score (nSPS) is 17.3. The molecule has 0 saturated carbocycles. The first kappa shape index (κ1) is 22.8. The Bertz CT molecular complexity index is 1490. The third kappa shape index (κ3) is 3.98. The summed E-state index contributed by atoms with van der Waals surface area (Å²) in [6, 6.07) is 19.7. The van der Waals surface area contributed by atoms with E-state index in [2.05, 4.69) is 4.98 Å². The lowest BCUT2D eigenvalue weighted by atomic mass is 9.93. The molecule has 1 aromatic heterocycles. The van der Waals surface area contributed by atoms with Crippen molar-refractivity contribution >= 4 is 44.1 Å². The van der Waals surface area contributed by atoms with Crippen LogP contribution in [0.1, 0.15) is 35.2 Å². The van der Waals surface area contributed by atoms with Crippen molar-refractivity contribution in [1.82, 2.24) is 4.98 Å². The quantitative estimate of drug-likeness (QED) is 0.215. The van der Waals surface area contributed by atoms with Gasteiger partial charge in [-0.3, -0.25) is 14.5 Å². The number of rotatable bonds is 5. The molecule has 2 heterocycles. The standard InChI is InChI=1S/C28H24N2O4S/c1-4-34-19-12-13-21-22(15-19)35-28(29-21)30-24(18-8-6-5-7-9-18)23(26(32)27(30)33)25(31)20-14-16(2)10-11-17(20)3/h5-15,24,31H,4H2,1-3H3. The largest absolute Gasteiger partial charge is 0.507 e. The summed E-state index contributed by atoms with van der Waals surface area (Å²) in [4.78, 5) is 32.9. The molecule has 1 amide bonds. The number of hydrogen-bond donors (Lipinski definition) is 1. The summed E-state index contributed by atoms with van der Waals surface area (Å²) < 4.78 is 6.44. The van der Waals surface area contributed by atoms with Gasteiger partial charge in [0, 0.05) is 5.56 Å². The van der Waals surface area contributed by atoms with Crippen LogP contribution in [0.2, 0.25) is 0 Å². The predicted octanol–water partition coefficient (Wildman–Crippen LogP) is 5.94. The molecule has 4 aromatic rings. The number of nitrogens with zero attached hydrogens (tertiary/aromatic N) is 2. The van der Waals surface area contributed by atoms with Crippen LogP contribution in [0, 0.1) is 13.8 Å². The highest BCUT2D eigenvalue weighted by Gasteiger charge is 2.48. The summed E-state index contributed by atoms with van der Waals surface area (Å²) in [5, 5.41) is 11.8. The number of aryl methyl sites for hydroxylation is 2. The van der Waals surface area contributed by atoms with Gasteiger partial charge in [0.2, 0.25) is 0 Å². The van der Waals surface area contributed by atoms with Crippen molar-refractivity contribution in [3.63, 3.8) is 0 Å². The van der Waals surface area contributed by atoms with E-state index in [9.17, 15) is 14.7 Å². The third-order valence-corrected chi connectivity index (χ3v) is 7.09. The van der Waals surface area contributed by atoms with E-state index < -0.39 is 17.7 Å². The first-order valence-electron chi connectivity index (χ1n) is 11.4. The van der Waals surface area contributed by atoms with Crippen molar-refractivity contribution in [3.8, 4) is 5.75 Å². The molecule has 1 aliphatic rings. The minimum atomic E-state index is -0.803. The Labute approximate surface area is 207 Å². The van der Waals surface area contributed by atoms with Crippen molar-refractivity contribution in [3.05, 3.63) is 94.6 Å². The summed E-state index contributed by atoms with van der Waals surface area (Å²) in [5.74, 6) is -0.909. The molecule has 6 nitrogen and oxygen atoms in total. The topological polar surface area (TPSA) is 79.7 Å². The van der Waals surface area contributed by atoms with Crippen molar-refractivity contribution < 1.29 is 19.4 Å². The zero-order chi connectivity index (χ0) is 24.7. The van der Waals surface area contributed by atoms with Crippen molar-refractivity contribution in [2.45, 2.75) is 26.8 Å². The number of aliphatic hydroxyl groups is 1. The molecular formula is C28H24N2O4S. The van der Waals surface area contributed by atoms with Crippen LogP contribution in [-0.4, -0.2) is 28.4 Å². The monoisotopic (exact) mass is 484 g/mol. The molecule has 0 spiro atoms. The fourth-order valence-corrected chi connectivity index (χ4v) is 5.39. The number of fused-ring (bicyclic) bond motifs is 1. The molecular weight excluding hydrogens is 460 g/mol. The number of ketones is 1. The van der Waals surface area contributed by atoms with Gasteiger partial charge in [0.25, 0.3) is 5.78 Å². The lowest BCUT2D eigenvalue weighted by Gasteiger charge is -2.23. The molecule has 7 heteroatoms. The Morgan fingerprint density at radius 1 is 1.06 bits per heavy atom. The fourth-order valence-electron chi connectivity index (χ4n) is 4.37. The Morgan fingerprint density at radius 3 is 2.57 bits per heavy atom. The second-order valence-corrected chi connectivity index (χ2v) is 9.47. The van der Waals surface area contributed by atoms with E-state index in [0.29, 0.717) is 34.1 Å². The van der Waals surface area contributed by atoms with Crippen LogP contribution in [0.25, 0.3) is 16.0 Å². The van der Waals surface area contributed by atoms with Crippen LogP contribution in [-0.2, 0) is 9.59 Å². The summed E-state index contributed by atoms with van der Waals surface area (Å²) in [6.45, 7) is 6.24. The van der Waals surface area contributed by atoms with Gasteiger partial charge < -0.3 is 9.84 Å². The first-order chi connectivity index (χ1) is 16.9. The second kappa shape index (κ2) is 9.00. The van der Waals surface area contributed by atoms with Crippen molar-refractivity contribution in [2.24, 2.45) is 0 Å². The van der Waals surface area contributed by atoms with E-state index >= 15 is 0 Å². The van der Waals surface area contributed by atoms with E-state index in [4.69, 9.17) is 4.74 Å². The highest BCUT2D eigenvalue weighted by atomic mass is 32.1. The van der Waals surface area contributed by atoms with Crippen LogP contribution in [0.15, 0.2) is 72.3 Å². The average molecular weight is 485 g/mol. The maximum Gasteiger partial charge on any atom is 0.301 e. The molecule has 0 bridgehead atoms. The minimum absolute atomic E-state index is 0.0594. The summed E-state index contributed by atoms with van der Waals surface area (Å²) in [5.41, 5.74) is 3.77. The van der Waals surface area contributed by atoms with Gasteiger partial charge in [-0.1, -0.05) is 59.4 Å². The van der Waals surface area contributed by atoms with Gasteiger partial charge in [-0.05, 0) is 56.2 Å². The van der Waals surface area contributed by atoms with Gasteiger partial charge in [-0.2, -0.15) is 0 Å². The lowest BCUT2D eigenvalue weighted by molar-refractivity contribution is -0.132. The molecule has 1 atom stereocenters. The molecule has 0 radical (unpaired) electrons. The molecule has 1 N–H and O–H groups in total. The SMILES string of the molecule is CCOc1ccc2nc(N3C(=O)C(=O)C(=C(O)c4cc(C)ccc4C)C3c3ccccc3)sc2c1. The number of aromatic nitrogens is 1. The van der Waals surface area contributed by atoms with Gasteiger partial charge in [0.1, 0.15) is 11.5 Å². The fraction of sp³-hybridized carbons (Fsp3) is 0.179. The van der Waals surface area contributed by atoms with Crippen LogP contribution in [0.4, 0.5) is 5.13 Å². The van der Waals surface area contributed by atoms with E-state index in [1.165, 1.54) is 16.2 Å². The first-order valence-corrected chi connectivity index (χ1v) is 12.2. The third-order valence-electron chi connectivity index (χ3n) is 6.07. The van der Waals surface area contributed by atoms with Crippen LogP contribution >= 0.6 is 11.3 Å². The van der Waals surface area contributed by atoms with Crippen LogP contribution in [0.5, 0.6) is 5.75 Å². The van der Waals surface area contributed by atoms with Crippen molar-refractivity contribution in [2.75, 3.05) is 11.5 Å². The summed E-state index contributed by atoms with van der Waals surface area (Å²) in [6.07, 6.45) is 0. The molecule has 1 aliphatic heterocycles. The molecule has 176 valence electrons. The number of amides is 1. The van der Waals surface area contributed by atoms with Crippen molar-refractivity contribution in [1.29, 1.82) is 0 Å². The zero-order valence-corrected chi connectivity index (χ0v) is 20.4. The molecule has 3 aromatic carbocycles. The van der Waals surface area contributed by atoms with Gasteiger partial charge in [-0.25, -0.2) is 4.98 Å². The molecule has 35 heavy (non-hydrogen) atoms. The number of Topliss-reactive ketones (excluding diaryl/α,β-unsaturated/α-hetero) is 1. The van der Waals surface area contributed by atoms with E-state index in [1.807, 2.05) is 87.5 Å². The lowest BCUT2D eigenvalue weighted by Crippen LogP contribution is -2.29. The molecule has 1 fully saturated rings. The average Bonchev–Trinajstić information content (AvgIpc) is 3.39. The minimum Gasteiger partial charge on any atom is -0.507 e. The maximum atomic E-state index is 13.4. The van der Waals surface area contributed by atoms with E-state index in [0.717, 1.165) is 15.8 Å². The summed E-state index contributed by atoms with van der Waals surface area (Å²) >= 11 is 1.31. The Hall–Kier alpha value is -3.97. The Balaban J connectivity index is 1.71. The van der Waals surface area contributed by atoms with E-state index in [1.54, 1.807) is 0 Å². The summed E-state index contributed by atoms with van der Waals surface area (Å²) in [7, 11) is 0. The number of hydrogen-bond acceptors (Lipinski definition) is 6. The molecule has 5 rings (SSSR count). The number of carbonyl (C=O) groups is 2. The highest BCUT2D eigenvalue weighted by Crippen LogP contribution is 2.44. The van der Waals surface area contributed by atoms with Gasteiger partial charge >= 0.3 is 5.91 Å². The Morgan fingerprint density at radius 2 is 1.83 bits per heavy atom. The molecule has 1 unspecified atom stereocenters. The molecule has 1 saturated heterocycles. The molecule has 0 aliphatic carbocycles. The van der Waals surface area contributed by atoms with Gasteiger partial charge in [0.15, 0.2) is 5.13 Å². The Kier molecular flexibility index (Phi) is 5.86. The van der Waals surface area contributed by atoms with Crippen LogP contribution < -0.4 is 9.64 Å². The van der Waals surface area contributed by atoms with Gasteiger partial charge in [-0.15, -0.1) is 0 Å². The maximum absolute atomic E-state index is 13.4. The second-order valence-electron chi connectivity index (χ2n) is 8.46. The van der Waals surface area contributed by atoms with E-state index in [-0.39, 0.29) is 11.3 Å².